The highest BCUT2D eigenvalue weighted by molar-refractivity contribution is 5.71. The fourth-order valence-electron chi connectivity index (χ4n) is 10.5. The zero-order chi connectivity index (χ0) is 59.9. The topological polar surface area (TPSA) is 78.9 Å². The Bertz CT molecular complexity index is 1570. The lowest BCUT2D eigenvalue weighted by molar-refractivity contribution is -0.167. The molecule has 6 heteroatoms. The van der Waals surface area contributed by atoms with Crippen molar-refractivity contribution in [2.45, 2.75) is 374 Å². The lowest BCUT2D eigenvalue weighted by atomic mass is 10.0. The van der Waals surface area contributed by atoms with E-state index < -0.39 is 6.10 Å². The van der Waals surface area contributed by atoms with Gasteiger partial charge in [-0.15, -0.1) is 0 Å². The summed E-state index contributed by atoms with van der Waals surface area (Å²) in [5.41, 5.74) is 0. The molecule has 0 rings (SSSR count). The van der Waals surface area contributed by atoms with Crippen molar-refractivity contribution < 1.29 is 28.6 Å². The minimum atomic E-state index is -0.775. The van der Waals surface area contributed by atoms with Crippen molar-refractivity contribution in [1.82, 2.24) is 0 Å². The minimum absolute atomic E-state index is 0.0738. The molecule has 0 aliphatic rings. The van der Waals surface area contributed by atoms with E-state index in [2.05, 4.69) is 106 Å². The summed E-state index contributed by atoms with van der Waals surface area (Å²) in [5, 5.41) is 0. The van der Waals surface area contributed by atoms with Gasteiger partial charge in [-0.2, -0.15) is 0 Å². The van der Waals surface area contributed by atoms with Crippen LogP contribution >= 0.6 is 0 Å². The molecule has 1 unspecified atom stereocenters. The number of hydrogen-bond acceptors (Lipinski definition) is 6. The normalized spacial score (nSPS) is 12.6. The molecular weight excluding hydrogens is 1020 g/mol. The lowest BCUT2D eigenvalue weighted by Gasteiger charge is -2.18. The van der Waals surface area contributed by atoms with E-state index >= 15 is 0 Å². The van der Waals surface area contributed by atoms with Gasteiger partial charge in [0.15, 0.2) is 6.10 Å². The summed E-state index contributed by atoms with van der Waals surface area (Å²) in [4.78, 5) is 38.2. The first-order chi connectivity index (χ1) is 41.0. The SMILES string of the molecule is CC/C=C\C/C=C\C/C=C\C/C=C\C/C=C\C/C=C\C/C=C\CCCCCCCCCCCC(=O)OCC(COC(=O)CCCCCCCCC)OC(=O)CCCCCCCCCCCCCCCCCCCCCCCCCCCCC. The first kappa shape index (κ1) is 79.6. The van der Waals surface area contributed by atoms with Gasteiger partial charge in [-0.25, -0.2) is 0 Å². The van der Waals surface area contributed by atoms with Crippen LogP contribution in [0.15, 0.2) is 85.1 Å². The monoisotopic (exact) mass is 1160 g/mol. The van der Waals surface area contributed by atoms with Crippen molar-refractivity contribution in [1.29, 1.82) is 0 Å². The van der Waals surface area contributed by atoms with Gasteiger partial charge in [-0.1, -0.05) is 356 Å². The highest BCUT2D eigenvalue weighted by Crippen LogP contribution is 2.18. The zero-order valence-corrected chi connectivity index (χ0v) is 55.2. The van der Waals surface area contributed by atoms with Crippen LogP contribution < -0.4 is 0 Å². The van der Waals surface area contributed by atoms with Crippen LogP contribution in [0, 0.1) is 0 Å². The molecule has 0 radical (unpaired) electrons. The summed E-state index contributed by atoms with van der Waals surface area (Å²) in [6.45, 7) is 6.53. The van der Waals surface area contributed by atoms with Gasteiger partial charge >= 0.3 is 17.9 Å². The Hall–Kier alpha value is -3.41. The van der Waals surface area contributed by atoms with E-state index in [9.17, 15) is 14.4 Å². The van der Waals surface area contributed by atoms with Gasteiger partial charge in [0.25, 0.3) is 0 Å². The fraction of sp³-hybridized carbons (Fsp3) is 0.779. The van der Waals surface area contributed by atoms with Crippen molar-refractivity contribution in [2.75, 3.05) is 13.2 Å². The lowest BCUT2D eigenvalue weighted by Crippen LogP contribution is -2.30. The number of carbonyl (C=O) groups excluding carboxylic acids is 3. The number of carbonyl (C=O) groups is 3. The van der Waals surface area contributed by atoms with Crippen molar-refractivity contribution in [2.24, 2.45) is 0 Å². The molecule has 0 spiro atoms. The predicted octanol–water partition coefficient (Wildman–Crippen LogP) is 25.0. The first-order valence-electron chi connectivity index (χ1n) is 36.1. The molecule has 0 aromatic rings. The van der Waals surface area contributed by atoms with E-state index in [1.54, 1.807) is 0 Å². The van der Waals surface area contributed by atoms with Crippen LogP contribution in [0.5, 0.6) is 0 Å². The van der Waals surface area contributed by atoms with Crippen LogP contribution in [0.3, 0.4) is 0 Å². The molecule has 0 amide bonds. The van der Waals surface area contributed by atoms with Gasteiger partial charge in [0.2, 0.25) is 0 Å². The van der Waals surface area contributed by atoms with Gasteiger partial charge in [0, 0.05) is 19.3 Å². The van der Waals surface area contributed by atoms with E-state index in [1.165, 1.54) is 218 Å². The fourth-order valence-corrected chi connectivity index (χ4v) is 10.5. The average molecular weight is 1160 g/mol. The van der Waals surface area contributed by atoms with E-state index in [4.69, 9.17) is 14.2 Å². The Kier molecular flexibility index (Phi) is 68.2. The molecule has 0 bridgehead atoms. The Morgan fingerprint density at radius 1 is 0.253 bits per heavy atom. The summed E-state index contributed by atoms with van der Waals surface area (Å²) in [5.74, 6) is -0.868. The van der Waals surface area contributed by atoms with Gasteiger partial charge in [-0.05, 0) is 77.0 Å². The number of ether oxygens (including phenoxy) is 3. The van der Waals surface area contributed by atoms with E-state index in [1.807, 2.05) is 0 Å². The van der Waals surface area contributed by atoms with Gasteiger partial charge in [0.1, 0.15) is 13.2 Å². The van der Waals surface area contributed by atoms with Crippen LogP contribution in [-0.2, 0) is 28.6 Å². The maximum atomic E-state index is 12.9. The van der Waals surface area contributed by atoms with Crippen molar-refractivity contribution in [3.8, 4) is 0 Å². The van der Waals surface area contributed by atoms with Crippen molar-refractivity contribution >= 4 is 17.9 Å². The van der Waals surface area contributed by atoms with Crippen LogP contribution in [-0.4, -0.2) is 37.2 Å². The Labute approximate surface area is 515 Å². The third-order valence-corrected chi connectivity index (χ3v) is 15.9. The second-order valence-corrected chi connectivity index (χ2v) is 24.1. The van der Waals surface area contributed by atoms with Crippen LogP contribution in [0.4, 0.5) is 0 Å². The second kappa shape index (κ2) is 71.1. The summed E-state index contributed by atoms with van der Waals surface area (Å²) in [6.07, 6.45) is 95.1. The van der Waals surface area contributed by atoms with Gasteiger partial charge in [0.05, 0.1) is 0 Å². The maximum Gasteiger partial charge on any atom is 0.306 e. The molecule has 0 aliphatic heterocycles. The highest BCUT2D eigenvalue weighted by Gasteiger charge is 2.19. The Balaban J connectivity index is 4.07. The number of rotatable bonds is 66. The van der Waals surface area contributed by atoms with E-state index in [0.29, 0.717) is 19.3 Å². The van der Waals surface area contributed by atoms with E-state index in [0.717, 1.165) is 109 Å². The third kappa shape index (κ3) is 69.3. The highest BCUT2D eigenvalue weighted by atomic mass is 16.6. The second-order valence-electron chi connectivity index (χ2n) is 24.1. The summed E-state index contributed by atoms with van der Waals surface area (Å²) < 4.78 is 16.9. The molecule has 6 nitrogen and oxygen atoms in total. The molecule has 1 atom stereocenters. The predicted molar refractivity (Wildman–Crippen MR) is 362 cm³/mol. The Morgan fingerprint density at radius 2 is 0.470 bits per heavy atom. The van der Waals surface area contributed by atoms with Gasteiger partial charge in [-0.3, -0.25) is 14.4 Å². The van der Waals surface area contributed by atoms with Crippen molar-refractivity contribution in [3.05, 3.63) is 85.1 Å². The summed E-state index contributed by atoms with van der Waals surface area (Å²) in [6, 6.07) is 0. The molecule has 0 saturated carbocycles. The molecule has 0 heterocycles. The molecule has 0 N–H and O–H groups in total. The standard InChI is InChI=1S/C77H136O6/c1-4-7-10-13-16-18-20-22-24-26-28-30-32-34-36-37-38-39-41-42-44-46-48-50-52-54-56-58-61-64-67-70-76(79)82-73-74(72-81-75(78)69-66-63-60-15-12-9-6-3)83-77(80)71-68-65-62-59-57-55-53-51-49-47-45-43-40-35-33-31-29-27-25-23-21-19-17-14-11-8-5-2/h7,10,16,18,22,24,28,30,34,36,38-39,42,44,74H,4-6,8-9,11-15,17,19-21,23,25-27,29,31-33,35,37,40-41,43,45-73H2,1-3H3/b10-7-,18-16-,24-22-,30-28-,36-34-,39-38-,44-42-. The minimum Gasteiger partial charge on any atom is -0.462 e. The van der Waals surface area contributed by atoms with Crippen molar-refractivity contribution in [3.63, 3.8) is 0 Å². The number of hydrogen-bond donors (Lipinski definition) is 0. The molecular formula is C77H136O6. The quantitative estimate of drug-likeness (QED) is 0.0261. The molecule has 0 aromatic heterocycles. The molecule has 0 aliphatic carbocycles. The van der Waals surface area contributed by atoms with Crippen LogP contribution in [0.25, 0.3) is 0 Å². The Morgan fingerprint density at radius 3 is 0.735 bits per heavy atom. The van der Waals surface area contributed by atoms with Gasteiger partial charge < -0.3 is 14.2 Å². The maximum absolute atomic E-state index is 12.9. The first-order valence-corrected chi connectivity index (χ1v) is 36.1. The molecule has 0 aromatic carbocycles. The van der Waals surface area contributed by atoms with E-state index in [-0.39, 0.29) is 31.1 Å². The zero-order valence-electron chi connectivity index (χ0n) is 55.2. The third-order valence-electron chi connectivity index (χ3n) is 15.9. The molecule has 0 saturated heterocycles. The number of unbranched alkanes of at least 4 members (excludes halogenated alkanes) is 41. The largest absolute Gasteiger partial charge is 0.462 e. The molecule has 83 heavy (non-hydrogen) atoms. The average Bonchev–Trinajstić information content (AvgIpc) is 3.50. The van der Waals surface area contributed by atoms with Crippen LogP contribution in [0.1, 0.15) is 367 Å². The van der Waals surface area contributed by atoms with Crippen LogP contribution in [0.2, 0.25) is 0 Å². The summed E-state index contributed by atoms with van der Waals surface area (Å²) >= 11 is 0. The summed E-state index contributed by atoms with van der Waals surface area (Å²) in [7, 11) is 0. The molecule has 480 valence electrons. The number of allylic oxidation sites excluding steroid dienone is 14. The number of esters is 3. The molecule has 0 fully saturated rings. The smallest absolute Gasteiger partial charge is 0.306 e.